The monoisotopic (exact) mass is 257 g/mol. The van der Waals surface area contributed by atoms with Crippen molar-refractivity contribution in [3.8, 4) is 0 Å². The number of rotatable bonds is 8. The molecule has 1 aromatic rings. The van der Waals surface area contributed by atoms with Crippen molar-refractivity contribution in [1.82, 2.24) is 15.0 Å². The summed E-state index contributed by atoms with van der Waals surface area (Å²) in [5.41, 5.74) is 1.03. The molecule has 0 bridgehead atoms. The average molecular weight is 257 g/mol. The number of hydrogen-bond donors (Lipinski definition) is 2. The van der Waals surface area contributed by atoms with E-state index in [0.29, 0.717) is 25.9 Å². The fraction of sp³-hybridized carbons (Fsp3) is 0.545. The third-order valence-electron chi connectivity index (χ3n) is 2.30. The molecule has 0 aliphatic rings. The van der Waals surface area contributed by atoms with Gasteiger partial charge in [-0.05, 0) is 38.1 Å². The van der Waals surface area contributed by atoms with Crippen LogP contribution in [0.25, 0.3) is 0 Å². The summed E-state index contributed by atoms with van der Waals surface area (Å²) in [6.45, 7) is 1.14. The van der Waals surface area contributed by atoms with Crippen molar-refractivity contribution >= 4 is 10.0 Å². The average Bonchev–Trinajstić information content (AvgIpc) is 2.30. The molecule has 1 aromatic heterocycles. The summed E-state index contributed by atoms with van der Waals surface area (Å²) in [6, 6.07) is 3.78. The highest BCUT2D eigenvalue weighted by Gasteiger charge is 2.08. The molecule has 6 heteroatoms. The highest BCUT2D eigenvalue weighted by molar-refractivity contribution is 7.89. The van der Waals surface area contributed by atoms with Gasteiger partial charge in [-0.1, -0.05) is 6.07 Å². The molecular weight excluding hydrogens is 238 g/mol. The molecule has 17 heavy (non-hydrogen) atoms. The zero-order chi connectivity index (χ0) is 12.6. The molecular formula is C11H19N3O2S. The van der Waals surface area contributed by atoms with Crippen LogP contribution in [0, 0.1) is 0 Å². The van der Waals surface area contributed by atoms with Crippen LogP contribution in [0.3, 0.4) is 0 Å². The Morgan fingerprint density at radius 2 is 2.18 bits per heavy atom. The first-order chi connectivity index (χ1) is 8.14. The Morgan fingerprint density at radius 1 is 1.35 bits per heavy atom. The topological polar surface area (TPSA) is 71.1 Å². The number of sulfonamides is 1. The Labute approximate surface area is 103 Å². The summed E-state index contributed by atoms with van der Waals surface area (Å²) in [4.78, 5) is 3.97. The van der Waals surface area contributed by atoms with Gasteiger partial charge in [0.15, 0.2) is 0 Å². The second kappa shape index (κ2) is 7.37. The van der Waals surface area contributed by atoms with Crippen LogP contribution in [-0.4, -0.2) is 39.3 Å². The van der Waals surface area contributed by atoms with E-state index in [2.05, 4.69) is 15.0 Å². The minimum absolute atomic E-state index is 0.168. The molecule has 1 rings (SSSR count). The molecule has 0 saturated heterocycles. The van der Waals surface area contributed by atoms with E-state index in [9.17, 15) is 8.42 Å². The van der Waals surface area contributed by atoms with Crippen LogP contribution in [0.2, 0.25) is 0 Å². The molecule has 96 valence electrons. The maximum absolute atomic E-state index is 11.5. The van der Waals surface area contributed by atoms with E-state index in [1.165, 1.54) is 0 Å². The maximum Gasteiger partial charge on any atom is 0.211 e. The third kappa shape index (κ3) is 6.35. The van der Waals surface area contributed by atoms with E-state index in [1.807, 2.05) is 19.2 Å². The third-order valence-corrected chi connectivity index (χ3v) is 3.77. The standard InChI is InChI=1S/C11H19N3O2S/c1-12-6-3-9-17(15,16)14-8-5-11-4-2-7-13-10-11/h2,4,7,10,12,14H,3,5-6,8-9H2,1H3. The maximum atomic E-state index is 11.5. The van der Waals surface area contributed by atoms with E-state index in [4.69, 9.17) is 0 Å². The second-order valence-corrected chi connectivity index (χ2v) is 5.71. The highest BCUT2D eigenvalue weighted by Crippen LogP contribution is 1.96. The Kier molecular flexibility index (Phi) is 6.10. The molecule has 2 N–H and O–H groups in total. The number of nitrogens with zero attached hydrogens (tertiary/aromatic N) is 1. The molecule has 0 atom stereocenters. The molecule has 0 unspecified atom stereocenters. The highest BCUT2D eigenvalue weighted by atomic mass is 32.2. The lowest BCUT2D eigenvalue weighted by molar-refractivity contribution is 0.577. The van der Waals surface area contributed by atoms with Crippen molar-refractivity contribution in [3.63, 3.8) is 0 Å². The van der Waals surface area contributed by atoms with Gasteiger partial charge in [-0.25, -0.2) is 13.1 Å². The van der Waals surface area contributed by atoms with Gasteiger partial charge in [-0.15, -0.1) is 0 Å². The zero-order valence-electron chi connectivity index (χ0n) is 10.0. The molecule has 0 aromatic carbocycles. The SMILES string of the molecule is CNCCCS(=O)(=O)NCCc1cccnc1. The summed E-state index contributed by atoms with van der Waals surface area (Å²) < 4.78 is 25.7. The summed E-state index contributed by atoms with van der Waals surface area (Å²) in [5.74, 6) is 0.168. The van der Waals surface area contributed by atoms with Crippen LogP contribution in [0.4, 0.5) is 0 Å². The number of hydrogen-bond acceptors (Lipinski definition) is 4. The Hall–Kier alpha value is -0.980. The van der Waals surface area contributed by atoms with Crippen molar-refractivity contribution in [1.29, 1.82) is 0 Å². The van der Waals surface area contributed by atoms with Crippen LogP contribution in [0.15, 0.2) is 24.5 Å². The molecule has 0 radical (unpaired) electrons. The van der Waals surface area contributed by atoms with Crippen molar-refractivity contribution < 1.29 is 8.42 Å². The van der Waals surface area contributed by atoms with Gasteiger partial charge < -0.3 is 5.32 Å². The predicted molar refractivity (Wildman–Crippen MR) is 68.3 cm³/mol. The van der Waals surface area contributed by atoms with Gasteiger partial charge in [0.1, 0.15) is 0 Å². The first-order valence-electron chi connectivity index (χ1n) is 5.65. The van der Waals surface area contributed by atoms with Crippen LogP contribution in [0.5, 0.6) is 0 Å². The van der Waals surface area contributed by atoms with E-state index in [1.54, 1.807) is 12.4 Å². The quantitative estimate of drug-likeness (QED) is 0.651. The van der Waals surface area contributed by atoms with Crippen molar-refractivity contribution in [2.24, 2.45) is 0 Å². The molecule has 0 saturated carbocycles. The summed E-state index contributed by atoms with van der Waals surface area (Å²) in [6.07, 6.45) is 4.73. The van der Waals surface area contributed by atoms with E-state index >= 15 is 0 Å². The molecule has 0 aliphatic carbocycles. The first kappa shape index (κ1) is 14.1. The lowest BCUT2D eigenvalue weighted by atomic mass is 10.2. The lowest BCUT2D eigenvalue weighted by Gasteiger charge is -2.06. The molecule has 5 nitrogen and oxygen atoms in total. The normalized spacial score (nSPS) is 11.6. The van der Waals surface area contributed by atoms with Gasteiger partial charge in [0, 0.05) is 18.9 Å². The Morgan fingerprint density at radius 3 is 2.82 bits per heavy atom. The lowest BCUT2D eigenvalue weighted by Crippen LogP contribution is -2.29. The zero-order valence-corrected chi connectivity index (χ0v) is 10.8. The Balaban J connectivity index is 2.26. The van der Waals surface area contributed by atoms with Gasteiger partial charge in [-0.2, -0.15) is 0 Å². The largest absolute Gasteiger partial charge is 0.320 e. The fourth-order valence-electron chi connectivity index (χ4n) is 1.41. The molecule has 0 spiro atoms. The molecule has 1 heterocycles. The molecule has 0 amide bonds. The summed E-state index contributed by atoms with van der Waals surface area (Å²) in [7, 11) is -1.33. The van der Waals surface area contributed by atoms with Crippen LogP contribution in [-0.2, 0) is 16.4 Å². The molecule has 0 fully saturated rings. The summed E-state index contributed by atoms with van der Waals surface area (Å²) in [5, 5.41) is 2.92. The van der Waals surface area contributed by atoms with E-state index in [0.717, 1.165) is 5.56 Å². The Bertz CT molecular complexity index is 406. The van der Waals surface area contributed by atoms with Gasteiger partial charge in [-0.3, -0.25) is 4.98 Å². The van der Waals surface area contributed by atoms with E-state index in [-0.39, 0.29) is 5.75 Å². The molecule has 0 aliphatic heterocycles. The van der Waals surface area contributed by atoms with Gasteiger partial charge in [0.05, 0.1) is 5.75 Å². The summed E-state index contributed by atoms with van der Waals surface area (Å²) >= 11 is 0. The van der Waals surface area contributed by atoms with Crippen molar-refractivity contribution in [3.05, 3.63) is 30.1 Å². The first-order valence-corrected chi connectivity index (χ1v) is 7.30. The van der Waals surface area contributed by atoms with Crippen LogP contribution in [0.1, 0.15) is 12.0 Å². The number of pyridine rings is 1. The smallest absolute Gasteiger partial charge is 0.211 e. The van der Waals surface area contributed by atoms with E-state index < -0.39 is 10.0 Å². The fourth-order valence-corrected chi connectivity index (χ4v) is 2.49. The van der Waals surface area contributed by atoms with Gasteiger partial charge in [0.25, 0.3) is 0 Å². The number of nitrogens with one attached hydrogen (secondary N) is 2. The minimum Gasteiger partial charge on any atom is -0.320 e. The predicted octanol–water partition coefficient (Wildman–Crippen LogP) is 0.153. The van der Waals surface area contributed by atoms with Crippen LogP contribution >= 0.6 is 0 Å². The van der Waals surface area contributed by atoms with Gasteiger partial charge in [0.2, 0.25) is 10.0 Å². The number of aromatic nitrogens is 1. The van der Waals surface area contributed by atoms with Crippen LogP contribution < -0.4 is 10.0 Å². The second-order valence-electron chi connectivity index (χ2n) is 3.78. The van der Waals surface area contributed by atoms with Gasteiger partial charge >= 0.3 is 0 Å². The van der Waals surface area contributed by atoms with Crippen molar-refractivity contribution in [2.75, 3.05) is 25.9 Å². The van der Waals surface area contributed by atoms with Crippen molar-refractivity contribution in [2.45, 2.75) is 12.8 Å². The minimum atomic E-state index is -3.13.